The third-order valence-corrected chi connectivity index (χ3v) is 3.42. The van der Waals surface area contributed by atoms with Gasteiger partial charge in [-0.2, -0.15) is 0 Å². The van der Waals surface area contributed by atoms with Gasteiger partial charge in [-0.05, 0) is 5.41 Å². The van der Waals surface area contributed by atoms with Gasteiger partial charge in [0, 0.05) is 36.5 Å². The van der Waals surface area contributed by atoms with Crippen LogP contribution in [0, 0.1) is 17.6 Å². The Labute approximate surface area is 115 Å². The second kappa shape index (κ2) is 4.93. The van der Waals surface area contributed by atoms with Gasteiger partial charge in [-0.15, -0.1) is 0 Å². The highest BCUT2D eigenvalue weighted by Crippen LogP contribution is 2.43. The smallest absolute Gasteiger partial charge is 0.248 e. The lowest BCUT2D eigenvalue weighted by molar-refractivity contribution is -0.119. The van der Waals surface area contributed by atoms with E-state index in [-0.39, 0.29) is 36.7 Å². The van der Waals surface area contributed by atoms with Gasteiger partial charge in [0.2, 0.25) is 5.92 Å². The maximum atomic E-state index is 13.9. The Balaban J connectivity index is 2.14. The Hall–Kier alpha value is -1.26. The zero-order valence-corrected chi connectivity index (χ0v) is 11.8. The van der Waals surface area contributed by atoms with Crippen molar-refractivity contribution in [2.75, 3.05) is 6.61 Å². The highest BCUT2D eigenvalue weighted by Gasteiger charge is 2.45. The number of benzene rings is 1. The zero-order valence-electron chi connectivity index (χ0n) is 11.8. The molecule has 1 saturated carbocycles. The fourth-order valence-electron chi connectivity index (χ4n) is 2.50. The Morgan fingerprint density at radius 3 is 2.30 bits per heavy atom. The van der Waals surface area contributed by atoms with Crippen molar-refractivity contribution in [1.29, 1.82) is 0 Å². The monoisotopic (exact) mass is 290 g/mol. The van der Waals surface area contributed by atoms with E-state index in [1.165, 1.54) is 0 Å². The molecular weight excluding hydrogens is 272 g/mol. The minimum Gasteiger partial charge on any atom is -0.493 e. The van der Waals surface area contributed by atoms with E-state index in [2.05, 4.69) is 0 Å². The maximum absolute atomic E-state index is 13.9. The number of hydrogen-bond donors (Lipinski definition) is 0. The summed E-state index contributed by atoms with van der Waals surface area (Å²) in [4.78, 5) is 0. The van der Waals surface area contributed by atoms with Gasteiger partial charge in [0.05, 0.1) is 6.61 Å². The molecule has 0 aromatic heterocycles. The number of rotatable bonds is 3. The number of ether oxygens (including phenoxy) is 1. The second-order valence-electron chi connectivity index (χ2n) is 6.45. The van der Waals surface area contributed by atoms with E-state index in [0.29, 0.717) is 0 Å². The van der Waals surface area contributed by atoms with Gasteiger partial charge in [0.25, 0.3) is 0 Å². The molecule has 1 nitrogen and oxygen atoms in total. The fourth-order valence-corrected chi connectivity index (χ4v) is 2.50. The van der Waals surface area contributed by atoms with Crippen molar-refractivity contribution in [2.45, 2.75) is 45.0 Å². The van der Waals surface area contributed by atoms with Gasteiger partial charge in [-0.25, -0.2) is 17.6 Å². The summed E-state index contributed by atoms with van der Waals surface area (Å²) in [5.41, 5.74) is -0.290. The molecule has 0 atom stereocenters. The van der Waals surface area contributed by atoms with Crippen LogP contribution in [0.3, 0.4) is 0 Å². The molecule has 1 fully saturated rings. The summed E-state index contributed by atoms with van der Waals surface area (Å²) in [5.74, 6) is -4.18. The molecule has 1 aliphatic carbocycles. The molecule has 0 saturated heterocycles. The van der Waals surface area contributed by atoms with E-state index in [4.69, 9.17) is 4.74 Å². The summed E-state index contributed by atoms with van der Waals surface area (Å²) in [6, 6.07) is 1.92. The van der Waals surface area contributed by atoms with Crippen LogP contribution < -0.4 is 4.74 Å². The molecular formula is C15H18F4O. The van der Waals surface area contributed by atoms with Crippen molar-refractivity contribution >= 4 is 0 Å². The van der Waals surface area contributed by atoms with E-state index >= 15 is 0 Å². The van der Waals surface area contributed by atoms with Crippen LogP contribution in [-0.2, 0) is 5.41 Å². The first-order valence-electron chi connectivity index (χ1n) is 6.59. The molecule has 0 aliphatic heterocycles. The first-order chi connectivity index (χ1) is 9.08. The predicted octanol–water partition coefficient (Wildman–Crippen LogP) is 4.69. The van der Waals surface area contributed by atoms with Gasteiger partial charge in [-0.3, -0.25) is 0 Å². The highest BCUT2D eigenvalue weighted by molar-refractivity contribution is 5.40. The highest BCUT2D eigenvalue weighted by atomic mass is 19.3. The zero-order chi connectivity index (χ0) is 15.1. The van der Waals surface area contributed by atoms with Crippen molar-refractivity contribution in [3.8, 4) is 5.75 Å². The molecule has 0 heterocycles. The van der Waals surface area contributed by atoms with Crippen molar-refractivity contribution in [1.82, 2.24) is 0 Å². The van der Waals surface area contributed by atoms with E-state index < -0.39 is 23.0 Å². The van der Waals surface area contributed by atoms with Crippen molar-refractivity contribution in [3.63, 3.8) is 0 Å². The Kier molecular flexibility index (Phi) is 3.73. The lowest BCUT2D eigenvalue weighted by atomic mass is 9.82. The molecule has 0 amide bonds. The fraction of sp³-hybridized carbons (Fsp3) is 0.600. The summed E-state index contributed by atoms with van der Waals surface area (Å²) >= 11 is 0. The van der Waals surface area contributed by atoms with Crippen LogP contribution in [-0.4, -0.2) is 12.5 Å². The summed E-state index contributed by atoms with van der Waals surface area (Å²) in [7, 11) is 0. The standard InChI is InChI=1S/C15H18F4O/c1-14(2,3)13-11(17)4-10(16)5-12(13)20-8-9-6-15(18,19)7-9/h4-5,9H,6-8H2,1-3H3. The Bertz CT molecular complexity index is 497. The van der Waals surface area contributed by atoms with Crippen molar-refractivity contribution in [3.05, 3.63) is 29.3 Å². The average Bonchev–Trinajstić information content (AvgIpc) is 2.19. The first kappa shape index (κ1) is 15.1. The van der Waals surface area contributed by atoms with Gasteiger partial charge >= 0.3 is 0 Å². The van der Waals surface area contributed by atoms with Gasteiger partial charge < -0.3 is 4.74 Å². The van der Waals surface area contributed by atoms with Crippen LogP contribution in [0.4, 0.5) is 17.6 Å². The predicted molar refractivity (Wildman–Crippen MR) is 68.2 cm³/mol. The molecule has 1 aromatic rings. The normalized spacial score (nSPS) is 18.8. The SMILES string of the molecule is CC(C)(C)c1c(F)cc(F)cc1OCC1CC(F)(F)C1. The molecule has 1 aromatic carbocycles. The minimum atomic E-state index is -2.62. The van der Waals surface area contributed by atoms with Crippen LogP contribution in [0.5, 0.6) is 5.75 Å². The first-order valence-corrected chi connectivity index (χ1v) is 6.59. The molecule has 0 unspecified atom stereocenters. The Morgan fingerprint density at radius 2 is 1.80 bits per heavy atom. The molecule has 2 rings (SSSR count). The molecule has 0 N–H and O–H groups in total. The van der Waals surface area contributed by atoms with Crippen molar-refractivity contribution in [2.24, 2.45) is 5.92 Å². The summed E-state index contributed by atoms with van der Waals surface area (Å²) in [5, 5.41) is 0. The average molecular weight is 290 g/mol. The third-order valence-electron chi connectivity index (χ3n) is 3.42. The van der Waals surface area contributed by atoms with E-state index in [1.807, 2.05) is 0 Å². The molecule has 1 aliphatic rings. The number of hydrogen-bond acceptors (Lipinski definition) is 1. The van der Waals surface area contributed by atoms with Gasteiger partial charge in [0.15, 0.2) is 0 Å². The van der Waals surface area contributed by atoms with Crippen LogP contribution in [0.25, 0.3) is 0 Å². The minimum absolute atomic E-state index is 0.0571. The van der Waals surface area contributed by atoms with Gasteiger partial charge in [0.1, 0.15) is 17.4 Å². The topological polar surface area (TPSA) is 9.23 Å². The number of alkyl halides is 2. The van der Waals surface area contributed by atoms with Crippen LogP contribution >= 0.6 is 0 Å². The van der Waals surface area contributed by atoms with Crippen LogP contribution in [0.15, 0.2) is 12.1 Å². The van der Waals surface area contributed by atoms with Crippen LogP contribution in [0.1, 0.15) is 39.2 Å². The molecule has 0 spiro atoms. The van der Waals surface area contributed by atoms with Crippen LogP contribution in [0.2, 0.25) is 0 Å². The maximum Gasteiger partial charge on any atom is 0.248 e. The summed E-state index contributed by atoms with van der Waals surface area (Å²) < 4.78 is 58.1. The van der Waals surface area contributed by atoms with E-state index in [0.717, 1.165) is 12.1 Å². The number of halogens is 4. The Morgan fingerprint density at radius 1 is 1.20 bits per heavy atom. The van der Waals surface area contributed by atoms with E-state index in [1.54, 1.807) is 20.8 Å². The quantitative estimate of drug-likeness (QED) is 0.734. The molecule has 0 radical (unpaired) electrons. The second-order valence-corrected chi connectivity index (χ2v) is 6.45. The summed E-state index contributed by atoms with van der Waals surface area (Å²) in [6.07, 6.45) is -0.453. The lowest BCUT2D eigenvalue weighted by Crippen LogP contribution is -2.38. The van der Waals surface area contributed by atoms with Crippen molar-refractivity contribution < 1.29 is 22.3 Å². The molecule has 0 bridgehead atoms. The van der Waals surface area contributed by atoms with Gasteiger partial charge in [-0.1, -0.05) is 20.8 Å². The molecule has 20 heavy (non-hydrogen) atoms. The lowest BCUT2D eigenvalue weighted by Gasteiger charge is -2.35. The molecule has 5 heteroatoms. The third kappa shape index (κ3) is 3.25. The largest absolute Gasteiger partial charge is 0.493 e. The van der Waals surface area contributed by atoms with E-state index in [9.17, 15) is 17.6 Å². The summed E-state index contributed by atoms with van der Waals surface area (Å²) in [6.45, 7) is 5.41. The molecule has 112 valence electrons.